The number of carbonyl (C=O) groups excluding carboxylic acids is 1. The molecule has 1 aliphatic rings. The standard InChI is InChI=1S/C13H13F4NO2/c1-20-9-5-8(6-9)18-12(19)7-2-3-11(14)10(4-7)13(15,16)17/h2-4,8-9H,5-6H2,1H3,(H,18,19). The van der Waals surface area contributed by atoms with E-state index < -0.39 is 23.5 Å². The van der Waals surface area contributed by atoms with E-state index in [0.29, 0.717) is 25.0 Å². The SMILES string of the molecule is COC1CC(NC(=O)c2ccc(F)c(C(F)(F)F)c2)C1. The summed E-state index contributed by atoms with van der Waals surface area (Å²) in [7, 11) is 1.55. The summed E-state index contributed by atoms with van der Waals surface area (Å²) in [5, 5.41) is 2.59. The highest BCUT2D eigenvalue weighted by atomic mass is 19.4. The number of nitrogens with one attached hydrogen (secondary N) is 1. The van der Waals surface area contributed by atoms with Crippen LogP contribution in [-0.4, -0.2) is 25.2 Å². The van der Waals surface area contributed by atoms with Gasteiger partial charge in [0.05, 0.1) is 11.7 Å². The quantitative estimate of drug-likeness (QED) is 0.870. The van der Waals surface area contributed by atoms with Gasteiger partial charge in [-0.3, -0.25) is 4.79 Å². The number of methoxy groups -OCH3 is 1. The third kappa shape index (κ3) is 3.09. The van der Waals surface area contributed by atoms with E-state index in [4.69, 9.17) is 4.74 Å². The first-order valence-corrected chi connectivity index (χ1v) is 6.01. The van der Waals surface area contributed by atoms with Gasteiger partial charge in [-0.2, -0.15) is 13.2 Å². The number of alkyl halides is 3. The predicted octanol–water partition coefficient (Wildman–Crippen LogP) is 2.75. The summed E-state index contributed by atoms with van der Waals surface area (Å²) in [5.74, 6) is -2.04. The molecule has 20 heavy (non-hydrogen) atoms. The lowest BCUT2D eigenvalue weighted by atomic mass is 9.89. The third-order valence-electron chi connectivity index (χ3n) is 3.30. The monoisotopic (exact) mass is 291 g/mol. The van der Waals surface area contributed by atoms with Gasteiger partial charge in [-0.25, -0.2) is 4.39 Å². The maximum atomic E-state index is 13.1. The zero-order chi connectivity index (χ0) is 14.9. The van der Waals surface area contributed by atoms with Crippen LogP contribution in [0.2, 0.25) is 0 Å². The van der Waals surface area contributed by atoms with Crippen molar-refractivity contribution in [1.29, 1.82) is 0 Å². The Kier molecular flexibility index (Phi) is 3.99. The van der Waals surface area contributed by atoms with Crippen LogP contribution in [0.3, 0.4) is 0 Å². The topological polar surface area (TPSA) is 38.3 Å². The number of benzene rings is 1. The van der Waals surface area contributed by atoms with Crippen molar-refractivity contribution in [1.82, 2.24) is 5.32 Å². The minimum Gasteiger partial charge on any atom is -0.381 e. The zero-order valence-electron chi connectivity index (χ0n) is 10.6. The Morgan fingerprint density at radius 2 is 2.00 bits per heavy atom. The molecule has 1 aromatic carbocycles. The van der Waals surface area contributed by atoms with Crippen LogP contribution in [0.15, 0.2) is 18.2 Å². The van der Waals surface area contributed by atoms with Crippen LogP contribution < -0.4 is 5.32 Å². The van der Waals surface area contributed by atoms with Gasteiger partial charge in [-0.15, -0.1) is 0 Å². The Balaban J connectivity index is 2.07. The van der Waals surface area contributed by atoms with Gasteiger partial charge in [0, 0.05) is 18.7 Å². The number of hydrogen-bond donors (Lipinski definition) is 1. The van der Waals surface area contributed by atoms with Crippen molar-refractivity contribution < 1.29 is 27.1 Å². The lowest BCUT2D eigenvalue weighted by molar-refractivity contribution is -0.140. The molecule has 0 unspecified atom stereocenters. The van der Waals surface area contributed by atoms with Crippen molar-refractivity contribution in [3.63, 3.8) is 0 Å². The van der Waals surface area contributed by atoms with E-state index in [9.17, 15) is 22.4 Å². The van der Waals surface area contributed by atoms with Gasteiger partial charge in [0.2, 0.25) is 0 Å². The number of ether oxygens (including phenoxy) is 1. The van der Waals surface area contributed by atoms with E-state index in [1.54, 1.807) is 7.11 Å². The van der Waals surface area contributed by atoms with Crippen LogP contribution in [0.25, 0.3) is 0 Å². The minimum atomic E-state index is -4.82. The highest BCUT2D eigenvalue weighted by Gasteiger charge is 2.35. The van der Waals surface area contributed by atoms with Crippen molar-refractivity contribution in [2.24, 2.45) is 0 Å². The van der Waals surface area contributed by atoms with Crippen LogP contribution in [-0.2, 0) is 10.9 Å². The van der Waals surface area contributed by atoms with E-state index in [1.807, 2.05) is 0 Å². The molecule has 0 radical (unpaired) electrons. The van der Waals surface area contributed by atoms with E-state index in [1.165, 1.54) is 0 Å². The second kappa shape index (κ2) is 5.40. The van der Waals surface area contributed by atoms with Crippen molar-refractivity contribution in [2.45, 2.75) is 31.2 Å². The van der Waals surface area contributed by atoms with Gasteiger partial charge in [-0.1, -0.05) is 0 Å². The number of amides is 1. The Morgan fingerprint density at radius 3 is 2.55 bits per heavy atom. The van der Waals surface area contributed by atoms with Gasteiger partial charge in [0.1, 0.15) is 5.82 Å². The molecule has 1 aliphatic carbocycles. The number of halogens is 4. The van der Waals surface area contributed by atoms with Gasteiger partial charge in [-0.05, 0) is 31.0 Å². The minimum absolute atomic E-state index is 0.0688. The molecule has 0 spiro atoms. The Morgan fingerprint density at radius 1 is 1.35 bits per heavy atom. The van der Waals surface area contributed by atoms with Gasteiger partial charge in [0.25, 0.3) is 5.91 Å². The van der Waals surface area contributed by atoms with Crippen molar-refractivity contribution in [3.05, 3.63) is 35.1 Å². The largest absolute Gasteiger partial charge is 0.419 e. The molecule has 0 aromatic heterocycles. The highest BCUT2D eigenvalue weighted by molar-refractivity contribution is 5.94. The fourth-order valence-electron chi connectivity index (χ4n) is 2.03. The van der Waals surface area contributed by atoms with E-state index in [2.05, 4.69) is 5.32 Å². The Bertz CT molecular complexity index is 510. The first-order chi connectivity index (χ1) is 9.31. The summed E-state index contributed by atoms with van der Waals surface area (Å²) in [6, 6.07) is 2.09. The summed E-state index contributed by atoms with van der Waals surface area (Å²) >= 11 is 0. The van der Waals surface area contributed by atoms with Crippen LogP contribution in [0.1, 0.15) is 28.8 Å². The van der Waals surface area contributed by atoms with Gasteiger partial charge < -0.3 is 10.1 Å². The fraction of sp³-hybridized carbons (Fsp3) is 0.462. The van der Waals surface area contributed by atoms with E-state index in [0.717, 1.165) is 6.07 Å². The molecule has 1 N–H and O–H groups in total. The molecule has 7 heteroatoms. The molecular weight excluding hydrogens is 278 g/mol. The van der Waals surface area contributed by atoms with E-state index >= 15 is 0 Å². The highest BCUT2D eigenvalue weighted by Crippen LogP contribution is 2.32. The predicted molar refractivity (Wildman–Crippen MR) is 62.7 cm³/mol. The first kappa shape index (κ1) is 14.8. The maximum Gasteiger partial charge on any atom is 0.419 e. The second-order valence-corrected chi connectivity index (χ2v) is 4.69. The number of carbonyl (C=O) groups is 1. The zero-order valence-corrected chi connectivity index (χ0v) is 10.6. The summed E-state index contributed by atoms with van der Waals surface area (Å²) in [6.45, 7) is 0. The molecule has 1 aromatic rings. The molecular formula is C13H13F4NO2. The average molecular weight is 291 g/mol. The summed E-state index contributed by atoms with van der Waals surface area (Å²) in [5.41, 5.74) is -1.65. The number of hydrogen-bond acceptors (Lipinski definition) is 2. The lowest BCUT2D eigenvalue weighted by Crippen LogP contribution is -2.47. The summed E-state index contributed by atoms with van der Waals surface area (Å²) in [6.07, 6.45) is -3.51. The van der Waals surface area contributed by atoms with Crippen molar-refractivity contribution >= 4 is 5.91 Å². The Hall–Kier alpha value is -1.63. The second-order valence-electron chi connectivity index (χ2n) is 4.69. The van der Waals surface area contributed by atoms with Crippen molar-refractivity contribution in [2.75, 3.05) is 7.11 Å². The molecule has 0 bridgehead atoms. The maximum absolute atomic E-state index is 13.1. The molecule has 1 fully saturated rings. The molecule has 3 nitrogen and oxygen atoms in total. The number of rotatable bonds is 3. The first-order valence-electron chi connectivity index (χ1n) is 6.01. The normalized spacial score (nSPS) is 22.2. The molecule has 0 heterocycles. The molecule has 2 rings (SSSR count). The van der Waals surface area contributed by atoms with Crippen LogP contribution in [0.5, 0.6) is 0 Å². The molecule has 0 atom stereocenters. The lowest BCUT2D eigenvalue weighted by Gasteiger charge is -2.34. The van der Waals surface area contributed by atoms with Crippen LogP contribution >= 0.6 is 0 Å². The van der Waals surface area contributed by atoms with Gasteiger partial charge >= 0.3 is 6.18 Å². The smallest absolute Gasteiger partial charge is 0.381 e. The average Bonchev–Trinajstić information content (AvgIpc) is 2.32. The van der Waals surface area contributed by atoms with E-state index in [-0.39, 0.29) is 17.7 Å². The summed E-state index contributed by atoms with van der Waals surface area (Å²) in [4.78, 5) is 11.8. The van der Waals surface area contributed by atoms with Crippen LogP contribution in [0.4, 0.5) is 17.6 Å². The molecule has 1 saturated carbocycles. The van der Waals surface area contributed by atoms with Crippen LogP contribution in [0, 0.1) is 5.82 Å². The fourth-order valence-corrected chi connectivity index (χ4v) is 2.03. The summed E-state index contributed by atoms with van der Waals surface area (Å²) < 4.78 is 55.8. The van der Waals surface area contributed by atoms with Crippen molar-refractivity contribution in [3.8, 4) is 0 Å². The molecule has 110 valence electrons. The van der Waals surface area contributed by atoms with Gasteiger partial charge in [0.15, 0.2) is 0 Å². The molecule has 0 saturated heterocycles. The Labute approximate surface area is 112 Å². The molecule has 1 amide bonds. The third-order valence-corrected chi connectivity index (χ3v) is 3.30. The molecule has 0 aliphatic heterocycles.